The van der Waals surface area contributed by atoms with Gasteiger partial charge in [0.15, 0.2) is 6.61 Å². The zero-order valence-corrected chi connectivity index (χ0v) is 20.5. The maximum absolute atomic E-state index is 12.7. The molecule has 4 aliphatic rings. The summed E-state index contributed by atoms with van der Waals surface area (Å²) in [5.74, 6) is 0.856. The Balaban J connectivity index is 1.30. The van der Waals surface area contributed by atoms with Crippen LogP contribution in [-0.2, 0) is 14.3 Å². The molecule has 2 atom stereocenters. The molecule has 180 valence electrons. The average molecular weight is 475 g/mol. The molecule has 2 N–H and O–H groups in total. The Morgan fingerprint density at radius 1 is 1.00 bits per heavy atom. The molecule has 4 fully saturated rings. The van der Waals surface area contributed by atoms with Gasteiger partial charge in [0.2, 0.25) is 0 Å². The first-order valence-corrected chi connectivity index (χ1v) is 12.6. The van der Waals surface area contributed by atoms with E-state index in [0.29, 0.717) is 10.6 Å². The fourth-order valence-electron chi connectivity index (χ4n) is 6.73. The number of esters is 1. The highest BCUT2D eigenvalue weighted by molar-refractivity contribution is 6.33. The van der Waals surface area contributed by atoms with Crippen molar-refractivity contribution in [1.29, 1.82) is 0 Å². The van der Waals surface area contributed by atoms with Crippen molar-refractivity contribution in [2.45, 2.75) is 71.4 Å². The van der Waals surface area contributed by atoms with Crippen molar-refractivity contribution < 1.29 is 19.1 Å². The number of halogens is 1. The third-order valence-corrected chi connectivity index (χ3v) is 8.38. The Kier molecular flexibility index (Phi) is 7.04. The molecule has 0 aromatic heterocycles. The van der Waals surface area contributed by atoms with E-state index in [-0.39, 0.29) is 29.9 Å². The molecule has 7 heteroatoms. The number of carbonyl (C=O) groups is 3. The molecule has 0 spiro atoms. The summed E-state index contributed by atoms with van der Waals surface area (Å²) in [6.07, 6.45) is 7.66. The summed E-state index contributed by atoms with van der Waals surface area (Å²) in [6, 6.07) is 5.85. The summed E-state index contributed by atoms with van der Waals surface area (Å²) >= 11 is 6.09. The SMILES string of the molecule is CC(C)[C@H](NC(=O)c1ccccc1Cl)C(=O)OCC(=O)NC(C)C12CC3CC(CC(C3)C1)C2. The fourth-order valence-corrected chi connectivity index (χ4v) is 6.95. The second-order valence-electron chi connectivity index (χ2n) is 10.9. The van der Waals surface area contributed by atoms with Gasteiger partial charge in [-0.2, -0.15) is 0 Å². The Morgan fingerprint density at radius 2 is 1.58 bits per heavy atom. The van der Waals surface area contributed by atoms with E-state index in [4.69, 9.17) is 16.3 Å². The van der Waals surface area contributed by atoms with Crippen LogP contribution in [0, 0.1) is 29.1 Å². The standard InChI is InChI=1S/C26H35ClN2O4/c1-15(2)23(29-24(31)20-6-4-5-7-21(20)27)25(32)33-14-22(30)28-16(3)26-11-17-8-18(12-26)10-19(9-17)13-26/h4-7,15-19,23H,8-14H2,1-3H3,(H,28,30)(H,29,31)/t16?,17?,18?,19?,23-,26?/m0/s1. The summed E-state index contributed by atoms with van der Waals surface area (Å²) in [5.41, 5.74) is 0.484. The molecule has 4 aliphatic carbocycles. The molecule has 4 bridgehead atoms. The number of benzene rings is 1. The van der Waals surface area contributed by atoms with Crippen LogP contribution in [0.2, 0.25) is 5.02 Å². The minimum atomic E-state index is -0.873. The van der Waals surface area contributed by atoms with Gasteiger partial charge in [0.25, 0.3) is 11.8 Å². The van der Waals surface area contributed by atoms with Crippen LogP contribution < -0.4 is 10.6 Å². The molecule has 1 unspecified atom stereocenters. The lowest BCUT2D eigenvalue weighted by molar-refractivity contribution is -0.152. The van der Waals surface area contributed by atoms with Crippen LogP contribution in [-0.4, -0.2) is 36.5 Å². The molecule has 1 aromatic carbocycles. The van der Waals surface area contributed by atoms with Crippen molar-refractivity contribution >= 4 is 29.4 Å². The zero-order chi connectivity index (χ0) is 23.8. The maximum atomic E-state index is 12.7. The third-order valence-electron chi connectivity index (χ3n) is 8.05. The molecule has 6 nitrogen and oxygen atoms in total. The zero-order valence-electron chi connectivity index (χ0n) is 19.7. The molecule has 2 amide bonds. The molecular weight excluding hydrogens is 440 g/mol. The summed E-state index contributed by atoms with van der Waals surface area (Å²) in [6.45, 7) is 5.39. The van der Waals surface area contributed by atoms with Crippen molar-refractivity contribution in [2.75, 3.05) is 6.61 Å². The van der Waals surface area contributed by atoms with Gasteiger partial charge in [-0.3, -0.25) is 9.59 Å². The lowest BCUT2D eigenvalue weighted by atomic mass is 9.48. The van der Waals surface area contributed by atoms with E-state index in [1.54, 1.807) is 24.3 Å². The van der Waals surface area contributed by atoms with Crippen LogP contribution in [0.25, 0.3) is 0 Å². The summed E-state index contributed by atoms with van der Waals surface area (Å²) in [4.78, 5) is 37.9. The molecule has 5 rings (SSSR count). The first-order valence-electron chi connectivity index (χ1n) is 12.2. The van der Waals surface area contributed by atoms with E-state index < -0.39 is 17.9 Å². The van der Waals surface area contributed by atoms with Crippen molar-refractivity contribution in [1.82, 2.24) is 10.6 Å². The number of rotatable bonds is 8. The smallest absolute Gasteiger partial charge is 0.329 e. The number of amides is 2. The van der Waals surface area contributed by atoms with Gasteiger partial charge in [-0.1, -0.05) is 37.6 Å². The van der Waals surface area contributed by atoms with E-state index in [9.17, 15) is 14.4 Å². The van der Waals surface area contributed by atoms with Gasteiger partial charge >= 0.3 is 5.97 Å². The predicted octanol–water partition coefficient (Wildman–Crippen LogP) is 4.36. The van der Waals surface area contributed by atoms with Gasteiger partial charge in [0.05, 0.1) is 10.6 Å². The Morgan fingerprint density at radius 3 is 2.12 bits per heavy atom. The lowest BCUT2D eigenvalue weighted by Crippen LogP contribution is -2.56. The van der Waals surface area contributed by atoms with Crippen LogP contribution in [0.4, 0.5) is 0 Å². The van der Waals surface area contributed by atoms with Gasteiger partial charge in [0.1, 0.15) is 6.04 Å². The Labute approximate surface area is 201 Å². The van der Waals surface area contributed by atoms with Crippen molar-refractivity contribution in [3.8, 4) is 0 Å². The van der Waals surface area contributed by atoms with Crippen molar-refractivity contribution in [2.24, 2.45) is 29.1 Å². The van der Waals surface area contributed by atoms with Gasteiger partial charge in [-0.25, -0.2) is 4.79 Å². The third kappa shape index (κ3) is 5.21. The first-order chi connectivity index (χ1) is 15.7. The Bertz CT molecular complexity index is 880. The van der Waals surface area contributed by atoms with Gasteiger partial charge < -0.3 is 15.4 Å². The van der Waals surface area contributed by atoms with Crippen molar-refractivity contribution in [3.63, 3.8) is 0 Å². The van der Waals surface area contributed by atoms with E-state index in [0.717, 1.165) is 17.8 Å². The Hall–Kier alpha value is -2.08. The van der Waals surface area contributed by atoms with E-state index in [2.05, 4.69) is 17.6 Å². The van der Waals surface area contributed by atoms with E-state index in [1.807, 2.05) is 13.8 Å². The number of hydrogen-bond donors (Lipinski definition) is 2. The summed E-state index contributed by atoms with van der Waals surface area (Å²) in [5, 5.41) is 6.12. The molecule has 0 heterocycles. The number of hydrogen-bond acceptors (Lipinski definition) is 4. The molecule has 0 saturated heterocycles. The molecule has 1 aromatic rings. The fraction of sp³-hybridized carbons (Fsp3) is 0.654. The summed E-state index contributed by atoms with van der Waals surface area (Å²) in [7, 11) is 0. The molecule has 0 aliphatic heterocycles. The quantitative estimate of drug-likeness (QED) is 0.548. The predicted molar refractivity (Wildman–Crippen MR) is 127 cm³/mol. The van der Waals surface area contributed by atoms with E-state index >= 15 is 0 Å². The van der Waals surface area contributed by atoms with Crippen LogP contribution in [0.1, 0.15) is 69.7 Å². The highest BCUT2D eigenvalue weighted by Crippen LogP contribution is 2.61. The first kappa shape index (κ1) is 24.1. The second kappa shape index (κ2) is 9.65. The molecule has 4 saturated carbocycles. The van der Waals surface area contributed by atoms with Crippen LogP contribution in [0.3, 0.4) is 0 Å². The van der Waals surface area contributed by atoms with E-state index in [1.165, 1.54) is 38.5 Å². The van der Waals surface area contributed by atoms with Crippen LogP contribution >= 0.6 is 11.6 Å². The number of ether oxygens (including phenoxy) is 1. The van der Waals surface area contributed by atoms with Gasteiger partial charge in [0, 0.05) is 6.04 Å². The maximum Gasteiger partial charge on any atom is 0.329 e. The number of nitrogens with one attached hydrogen (secondary N) is 2. The van der Waals surface area contributed by atoms with Crippen LogP contribution in [0.15, 0.2) is 24.3 Å². The highest BCUT2D eigenvalue weighted by Gasteiger charge is 2.53. The second-order valence-corrected chi connectivity index (χ2v) is 11.3. The monoisotopic (exact) mass is 474 g/mol. The minimum absolute atomic E-state index is 0.0675. The number of carbonyl (C=O) groups excluding carboxylic acids is 3. The molecule has 33 heavy (non-hydrogen) atoms. The van der Waals surface area contributed by atoms with Gasteiger partial charge in [-0.15, -0.1) is 0 Å². The summed E-state index contributed by atoms with van der Waals surface area (Å²) < 4.78 is 5.32. The molecular formula is C26H35ClN2O4. The normalized spacial score (nSPS) is 29.4. The van der Waals surface area contributed by atoms with Crippen molar-refractivity contribution in [3.05, 3.63) is 34.9 Å². The lowest BCUT2D eigenvalue weighted by Gasteiger charge is -2.59. The highest BCUT2D eigenvalue weighted by atomic mass is 35.5. The van der Waals surface area contributed by atoms with Gasteiger partial charge in [-0.05, 0) is 86.7 Å². The van der Waals surface area contributed by atoms with Crippen LogP contribution in [0.5, 0.6) is 0 Å². The average Bonchev–Trinajstić information content (AvgIpc) is 2.74. The minimum Gasteiger partial charge on any atom is -0.454 e. The largest absolute Gasteiger partial charge is 0.454 e. The topological polar surface area (TPSA) is 84.5 Å². The molecule has 0 radical (unpaired) electrons.